The molecule has 2 aromatic carbocycles. The number of benzene rings is 2. The van der Waals surface area contributed by atoms with Crippen molar-refractivity contribution < 1.29 is 28.6 Å². The highest BCUT2D eigenvalue weighted by Gasteiger charge is 2.40. The van der Waals surface area contributed by atoms with Crippen molar-refractivity contribution in [1.29, 1.82) is 0 Å². The third-order valence-electron chi connectivity index (χ3n) is 4.83. The summed E-state index contributed by atoms with van der Waals surface area (Å²) in [6, 6.07) is 11.7. The van der Waals surface area contributed by atoms with Gasteiger partial charge in [-0.3, -0.25) is 14.4 Å². The van der Waals surface area contributed by atoms with E-state index in [4.69, 9.17) is 14.2 Å². The molecule has 0 saturated heterocycles. The molecule has 2 aliphatic rings. The Morgan fingerprint density at radius 1 is 1.07 bits per heavy atom. The Morgan fingerprint density at radius 3 is 2.62 bits per heavy atom. The number of rotatable bonds is 6. The highest BCUT2D eigenvalue weighted by molar-refractivity contribution is 6.10. The van der Waals surface area contributed by atoms with Crippen LogP contribution in [0.1, 0.15) is 23.7 Å². The van der Waals surface area contributed by atoms with Crippen LogP contribution in [0.3, 0.4) is 0 Å². The number of ether oxygens (including phenoxy) is 3. The van der Waals surface area contributed by atoms with E-state index in [1.54, 1.807) is 42.5 Å². The molecule has 0 unspecified atom stereocenters. The summed E-state index contributed by atoms with van der Waals surface area (Å²) >= 11 is 0. The van der Waals surface area contributed by atoms with Gasteiger partial charge in [0.2, 0.25) is 6.79 Å². The molecule has 1 fully saturated rings. The highest BCUT2D eigenvalue weighted by Crippen LogP contribution is 2.38. The van der Waals surface area contributed by atoms with Gasteiger partial charge in [0.25, 0.3) is 11.8 Å². The fraction of sp³-hybridized carbons (Fsp3) is 0.286. The van der Waals surface area contributed by atoms with Crippen LogP contribution in [0.25, 0.3) is 0 Å². The predicted octanol–water partition coefficient (Wildman–Crippen LogP) is 2.81. The highest BCUT2D eigenvalue weighted by atomic mass is 16.7. The SMILES string of the molecule is C[C@@H]1C[C@H]1C(=O)OCC(=O)Nc1ccccc1C(=O)Nc1ccc2c(c1)OCO2. The minimum atomic E-state index is -0.505. The number of esters is 1. The summed E-state index contributed by atoms with van der Waals surface area (Å²) in [5, 5.41) is 5.39. The molecule has 1 aliphatic heterocycles. The number of carbonyl (C=O) groups excluding carboxylic acids is 3. The maximum Gasteiger partial charge on any atom is 0.309 e. The molecule has 1 aliphatic carbocycles. The van der Waals surface area contributed by atoms with Gasteiger partial charge in [-0.15, -0.1) is 0 Å². The van der Waals surface area contributed by atoms with Crippen molar-refractivity contribution in [3.05, 3.63) is 48.0 Å². The molecule has 150 valence electrons. The van der Waals surface area contributed by atoms with E-state index in [-0.39, 0.29) is 30.9 Å². The van der Waals surface area contributed by atoms with Crippen LogP contribution in [0.5, 0.6) is 11.5 Å². The molecule has 8 heteroatoms. The fourth-order valence-electron chi connectivity index (χ4n) is 3.04. The minimum Gasteiger partial charge on any atom is -0.455 e. The molecule has 0 bridgehead atoms. The van der Waals surface area contributed by atoms with Crippen molar-refractivity contribution in [1.82, 2.24) is 0 Å². The van der Waals surface area contributed by atoms with Crippen molar-refractivity contribution in [2.45, 2.75) is 13.3 Å². The van der Waals surface area contributed by atoms with Crippen LogP contribution in [0, 0.1) is 11.8 Å². The lowest BCUT2D eigenvalue weighted by Crippen LogP contribution is -2.23. The summed E-state index contributed by atoms with van der Waals surface area (Å²) in [4.78, 5) is 36.6. The van der Waals surface area contributed by atoms with Gasteiger partial charge >= 0.3 is 5.97 Å². The summed E-state index contributed by atoms with van der Waals surface area (Å²) in [7, 11) is 0. The van der Waals surface area contributed by atoms with Crippen LogP contribution < -0.4 is 20.1 Å². The number of hydrogen-bond donors (Lipinski definition) is 2. The van der Waals surface area contributed by atoms with Crippen LogP contribution in [-0.2, 0) is 14.3 Å². The van der Waals surface area contributed by atoms with Gasteiger partial charge in [-0.25, -0.2) is 0 Å². The van der Waals surface area contributed by atoms with Crippen LogP contribution in [0.4, 0.5) is 11.4 Å². The Kier molecular flexibility index (Phi) is 5.07. The fourth-order valence-corrected chi connectivity index (χ4v) is 3.04. The second-order valence-electron chi connectivity index (χ2n) is 7.04. The minimum absolute atomic E-state index is 0.109. The summed E-state index contributed by atoms with van der Waals surface area (Å²) in [5.41, 5.74) is 1.14. The van der Waals surface area contributed by atoms with Gasteiger partial charge in [-0.1, -0.05) is 19.1 Å². The molecule has 2 amide bonds. The second kappa shape index (κ2) is 7.83. The second-order valence-corrected chi connectivity index (χ2v) is 7.04. The molecule has 0 spiro atoms. The van der Waals surface area contributed by atoms with E-state index in [0.29, 0.717) is 28.8 Å². The number of hydrogen-bond acceptors (Lipinski definition) is 6. The van der Waals surface area contributed by atoms with Gasteiger partial charge < -0.3 is 24.8 Å². The monoisotopic (exact) mass is 396 g/mol. The third-order valence-corrected chi connectivity index (χ3v) is 4.83. The first-order valence-corrected chi connectivity index (χ1v) is 9.28. The standard InChI is InChI=1S/C21H20N2O6/c1-12-8-15(12)21(26)27-10-19(24)23-16-5-3-2-4-14(16)20(25)22-13-6-7-17-18(9-13)29-11-28-17/h2-7,9,12,15H,8,10-11H2,1H3,(H,22,25)(H,23,24)/t12-,15-/m1/s1. The van der Waals surface area contributed by atoms with E-state index in [0.717, 1.165) is 6.42 Å². The van der Waals surface area contributed by atoms with E-state index in [9.17, 15) is 14.4 Å². The van der Waals surface area contributed by atoms with Crippen molar-refractivity contribution in [2.75, 3.05) is 24.0 Å². The van der Waals surface area contributed by atoms with Crippen LogP contribution in [0.2, 0.25) is 0 Å². The molecular formula is C21H20N2O6. The van der Waals surface area contributed by atoms with E-state index < -0.39 is 11.8 Å². The Morgan fingerprint density at radius 2 is 1.83 bits per heavy atom. The molecule has 0 aromatic heterocycles. The van der Waals surface area contributed by atoms with Gasteiger partial charge in [-0.05, 0) is 36.6 Å². The lowest BCUT2D eigenvalue weighted by molar-refractivity contribution is -0.148. The molecule has 2 N–H and O–H groups in total. The number of amides is 2. The first kappa shape index (κ1) is 18.8. The Labute approximate surface area is 167 Å². The third kappa shape index (κ3) is 4.31. The van der Waals surface area contributed by atoms with Gasteiger partial charge in [0.05, 0.1) is 17.2 Å². The molecule has 8 nitrogen and oxygen atoms in total. The molecule has 2 aromatic rings. The maximum atomic E-state index is 12.7. The Balaban J connectivity index is 1.38. The quantitative estimate of drug-likeness (QED) is 0.728. The largest absolute Gasteiger partial charge is 0.455 e. The molecule has 1 saturated carbocycles. The molecule has 0 radical (unpaired) electrons. The predicted molar refractivity (Wildman–Crippen MR) is 104 cm³/mol. The summed E-state index contributed by atoms with van der Waals surface area (Å²) in [6.45, 7) is 1.72. The average Bonchev–Trinajstić information content (AvgIpc) is 3.26. The lowest BCUT2D eigenvalue weighted by Gasteiger charge is -2.12. The molecule has 4 rings (SSSR count). The van der Waals surface area contributed by atoms with Crippen molar-refractivity contribution in [3.63, 3.8) is 0 Å². The number of anilines is 2. The zero-order valence-electron chi connectivity index (χ0n) is 15.8. The van der Waals surface area contributed by atoms with E-state index in [1.165, 1.54) is 0 Å². The number of para-hydroxylation sites is 1. The zero-order chi connectivity index (χ0) is 20.4. The van der Waals surface area contributed by atoms with E-state index >= 15 is 0 Å². The normalized spacial score (nSPS) is 18.7. The number of carbonyl (C=O) groups is 3. The van der Waals surface area contributed by atoms with Gasteiger partial charge in [0.1, 0.15) is 0 Å². The number of fused-ring (bicyclic) bond motifs is 1. The summed E-state index contributed by atoms with van der Waals surface area (Å²) < 4.78 is 15.6. The molecule has 1 heterocycles. The van der Waals surface area contributed by atoms with E-state index in [1.807, 2.05) is 6.92 Å². The topological polar surface area (TPSA) is 103 Å². The summed E-state index contributed by atoms with van der Waals surface area (Å²) in [5.74, 6) is 0.107. The number of nitrogens with one attached hydrogen (secondary N) is 2. The van der Waals surface area contributed by atoms with Gasteiger partial charge in [0.15, 0.2) is 18.1 Å². The van der Waals surface area contributed by atoms with Crippen molar-refractivity contribution in [3.8, 4) is 11.5 Å². The Bertz CT molecular complexity index is 973. The van der Waals surface area contributed by atoms with E-state index in [2.05, 4.69) is 10.6 Å². The average molecular weight is 396 g/mol. The van der Waals surface area contributed by atoms with Crippen LogP contribution in [0.15, 0.2) is 42.5 Å². The molecule has 2 atom stereocenters. The zero-order valence-corrected chi connectivity index (χ0v) is 15.8. The maximum absolute atomic E-state index is 12.7. The van der Waals surface area contributed by atoms with Crippen LogP contribution >= 0.6 is 0 Å². The van der Waals surface area contributed by atoms with Gasteiger partial charge in [-0.2, -0.15) is 0 Å². The van der Waals surface area contributed by atoms with Gasteiger partial charge in [0, 0.05) is 11.8 Å². The molecular weight excluding hydrogens is 376 g/mol. The smallest absolute Gasteiger partial charge is 0.309 e. The van der Waals surface area contributed by atoms with Crippen molar-refractivity contribution >= 4 is 29.2 Å². The Hall–Kier alpha value is -3.55. The van der Waals surface area contributed by atoms with Crippen LogP contribution in [-0.4, -0.2) is 31.2 Å². The first-order chi connectivity index (χ1) is 14.0. The first-order valence-electron chi connectivity index (χ1n) is 9.28. The van der Waals surface area contributed by atoms with Crippen molar-refractivity contribution in [2.24, 2.45) is 11.8 Å². The molecule has 29 heavy (non-hydrogen) atoms. The summed E-state index contributed by atoms with van der Waals surface area (Å²) in [6.07, 6.45) is 0.795. The lowest BCUT2D eigenvalue weighted by atomic mass is 10.1.